The molecule has 1 atom stereocenters. The van der Waals surface area contributed by atoms with Crippen LogP contribution in [-0.2, 0) is 19.6 Å². The van der Waals surface area contributed by atoms with E-state index in [2.05, 4.69) is 9.71 Å². The summed E-state index contributed by atoms with van der Waals surface area (Å²) in [5.41, 5.74) is 0.520. The van der Waals surface area contributed by atoms with E-state index < -0.39 is 35.2 Å². The van der Waals surface area contributed by atoms with Crippen LogP contribution in [0.5, 0.6) is 11.5 Å². The van der Waals surface area contributed by atoms with E-state index >= 15 is 0 Å². The van der Waals surface area contributed by atoms with Gasteiger partial charge in [0.1, 0.15) is 6.54 Å². The fourth-order valence-corrected chi connectivity index (χ4v) is 4.38. The van der Waals surface area contributed by atoms with Crippen molar-refractivity contribution < 1.29 is 36.2 Å². The Morgan fingerprint density at radius 3 is 2.67 bits per heavy atom. The van der Waals surface area contributed by atoms with Crippen molar-refractivity contribution in [2.75, 3.05) is 19.8 Å². The van der Waals surface area contributed by atoms with Crippen LogP contribution in [0.1, 0.15) is 31.8 Å². The molecule has 9 nitrogen and oxygen atoms in total. The SMILES string of the molecule is CC(OC(=O)CNS(=O)(=O)c1ccc2c(c1)OCCCO2)c1nc2ccccc2n1C(F)F. The molecule has 1 aliphatic rings. The van der Waals surface area contributed by atoms with Crippen molar-refractivity contribution in [3.05, 3.63) is 48.3 Å². The Labute approximate surface area is 188 Å². The van der Waals surface area contributed by atoms with E-state index in [4.69, 9.17) is 14.2 Å². The monoisotopic (exact) mass is 481 g/mol. The van der Waals surface area contributed by atoms with Gasteiger partial charge in [0.15, 0.2) is 23.4 Å². The summed E-state index contributed by atoms with van der Waals surface area (Å²) in [6, 6.07) is 10.4. The minimum atomic E-state index is -4.07. The maximum absolute atomic E-state index is 13.6. The normalized spacial score (nSPS) is 14.8. The third-order valence-corrected chi connectivity index (χ3v) is 6.32. The summed E-state index contributed by atoms with van der Waals surface area (Å²) in [7, 11) is -4.07. The molecule has 33 heavy (non-hydrogen) atoms. The van der Waals surface area contributed by atoms with Gasteiger partial charge >= 0.3 is 12.5 Å². The Morgan fingerprint density at radius 2 is 1.91 bits per heavy atom. The third kappa shape index (κ3) is 4.91. The van der Waals surface area contributed by atoms with Gasteiger partial charge in [0.25, 0.3) is 0 Å². The zero-order valence-corrected chi connectivity index (χ0v) is 18.3. The van der Waals surface area contributed by atoms with Crippen LogP contribution in [0.4, 0.5) is 8.78 Å². The lowest BCUT2D eigenvalue weighted by atomic mass is 10.3. The second-order valence-corrected chi connectivity index (χ2v) is 8.99. The summed E-state index contributed by atoms with van der Waals surface area (Å²) < 4.78 is 71.3. The van der Waals surface area contributed by atoms with E-state index in [0.29, 0.717) is 35.5 Å². The number of hydrogen-bond donors (Lipinski definition) is 1. The molecule has 4 rings (SSSR count). The van der Waals surface area contributed by atoms with Gasteiger partial charge in [0.05, 0.1) is 29.1 Å². The molecule has 0 saturated carbocycles. The highest BCUT2D eigenvalue weighted by Crippen LogP contribution is 2.32. The number of para-hydroxylation sites is 2. The number of halogens is 2. The van der Waals surface area contributed by atoms with Gasteiger partial charge in [0, 0.05) is 12.5 Å². The molecule has 2 heterocycles. The second kappa shape index (κ2) is 9.32. The van der Waals surface area contributed by atoms with Gasteiger partial charge in [-0.15, -0.1) is 0 Å². The molecule has 1 unspecified atom stereocenters. The molecule has 2 aromatic carbocycles. The number of carbonyl (C=O) groups excluding carboxylic acids is 1. The van der Waals surface area contributed by atoms with Crippen molar-refractivity contribution in [3.8, 4) is 11.5 Å². The molecule has 0 saturated heterocycles. The molecular weight excluding hydrogens is 460 g/mol. The number of carbonyl (C=O) groups is 1. The fraction of sp³-hybridized carbons (Fsp3) is 0.333. The number of alkyl halides is 2. The number of benzene rings is 2. The maximum Gasteiger partial charge on any atom is 0.321 e. The first-order valence-electron chi connectivity index (χ1n) is 10.1. The van der Waals surface area contributed by atoms with E-state index in [1.54, 1.807) is 18.2 Å². The van der Waals surface area contributed by atoms with Crippen LogP contribution in [0.2, 0.25) is 0 Å². The highest BCUT2D eigenvalue weighted by atomic mass is 32.2. The molecule has 0 fully saturated rings. The molecule has 0 aliphatic carbocycles. The number of esters is 1. The van der Waals surface area contributed by atoms with Crippen molar-refractivity contribution in [1.82, 2.24) is 14.3 Å². The molecule has 1 N–H and O–H groups in total. The van der Waals surface area contributed by atoms with Crippen molar-refractivity contribution in [3.63, 3.8) is 0 Å². The van der Waals surface area contributed by atoms with Gasteiger partial charge in [-0.05, 0) is 31.2 Å². The van der Waals surface area contributed by atoms with Crippen LogP contribution in [-0.4, -0.2) is 43.7 Å². The van der Waals surface area contributed by atoms with Gasteiger partial charge in [-0.1, -0.05) is 12.1 Å². The number of sulfonamides is 1. The van der Waals surface area contributed by atoms with Gasteiger partial charge in [0.2, 0.25) is 10.0 Å². The predicted molar refractivity (Wildman–Crippen MR) is 113 cm³/mol. The Morgan fingerprint density at radius 1 is 1.18 bits per heavy atom. The topological polar surface area (TPSA) is 109 Å². The Bertz CT molecular complexity index is 1280. The second-order valence-electron chi connectivity index (χ2n) is 7.22. The number of rotatable bonds is 7. The first-order chi connectivity index (χ1) is 15.8. The van der Waals surface area contributed by atoms with Gasteiger partial charge in [-0.3, -0.25) is 9.36 Å². The van der Waals surface area contributed by atoms with Crippen LogP contribution in [0, 0.1) is 0 Å². The quantitative estimate of drug-likeness (QED) is 0.517. The average molecular weight is 481 g/mol. The Kier molecular flexibility index (Phi) is 6.47. The lowest BCUT2D eigenvalue weighted by Gasteiger charge is -2.15. The van der Waals surface area contributed by atoms with Crippen LogP contribution < -0.4 is 14.2 Å². The summed E-state index contributed by atoms with van der Waals surface area (Å²) >= 11 is 0. The number of aromatic nitrogens is 2. The van der Waals surface area contributed by atoms with Crippen LogP contribution in [0.3, 0.4) is 0 Å². The molecule has 1 aromatic heterocycles. The maximum atomic E-state index is 13.6. The number of nitrogens with zero attached hydrogens (tertiary/aromatic N) is 2. The number of ether oxygens (including phenoxy) is 3. The molecule has 0 spiro atoms. The molecule has 3 aromatic rings. The summed E-state index contributed by atoms with van der Waals surface area (Å²) in [5.74, 6) is -0.377. The average Bonchev–Trinajstić information content (AvgIpc) is 3.02. The molecule has 176 valence electrons. The number of fused-ring (bicyclic) bond motifs is 2. The molecular formula is C21H21F2N3O6S. The standard InChI is InChI=1S/C21H21F2N3O6S/c1-13(20-25-15-5-2-3-6-16(15)26(20)21(22)23)32-19(27)12-24-33(28,29)14-7-8-17-18(11-14)31-10-4-9-30-17/h2-3,5-8,11,13,21,24H,4,9-10,12H2,1H3. The zero-order chi connectivity index (χ0) is 23.6. The minimum absolute atomic E-state index is 0.118. The largest absolute Gasteiger partial charge is 0.490 e. The number of nitrogens with one attached hydrogen (secondary N) is 1. The van der Waals surface area contributed by atoms with Gasteiger partial charge in [-0.2, -0.15) is 13.5 Å². The third-order valence-electron chi connectivity index (χ3n) is 4.93. The fourth-order valence-electron chi connectivity index (χ4n) is 3.39. The molecule has 0 bridgehead atoms. The van der Waals surface area contributed by atoms with Gasteiger partial charge < -0.3 is 14.2 Å². The van der Waals surface area contributed by atoms with E-state index in [1.807, 2.05) is 0 Å². The van der Waals surface area contributed by atoms with Gasteiger partial charge in [-0.25, -0.2) is 13.4 Å². The Hall–Kier alpha value is -3.25. The minimum Gasteiger partial charge on any atom is -0.490 e. The molecule has 0 amide bonds. The summed E-state index contributed by atoms with van der Waals surface area (Å²) in [4.78, 5) is 16.3. The van der Waals surface area contributed by atoms with Crippen molar-refractivity contribution in [2.45, 2.75) is 30.9 Å². The number of hydrogen-bond acceptors (Lipinski definition) is 7. The van der Waals surface area contributed by atoms with E-state index in [0.717, 1.165) is 0 Å². The van der Waals surface area contributed by atoms with Crippen molar-refractivity contribution >= 4 is 27.0 Å². The first-order valence-corrected chi connectivity index (χ1v) is 11.6. The summed E-state index contributed by atoms with van der Waals surface area (Å²) in [5, 5.41) is 0. The molecule has 1 aliphatic heterocycles. The van der Waals surface area contributed by atoms with Crippen molar-refractivity contribution in [1.29, 1.82) is 0 Å². The van der Waals surface area contributed by atoms with E-state index in [-0.39, 0.29) is 22.0 Å². The smallest absolute Gasteiger partial charge is 0.321 e. The van der Waals surface area contributed by atoms with E-state index in [1.165, 1.54) is 31.2 Å². The summed E-state index contributed by atoms with van der Waals surface area (Å²) in [6.45, 7) is -1.36. The lowest BCUT2D eigenvalue weighted by Crippen LogP contribution is -2.31. The molecule has 12 heteroatoms. The van der Waals surface area contributed by atoms with E-state index in [9.17, 15) is 22.0 Å². The van der Waals surface area contributed by atoms with Crippen LogP contribution >= 0.6 is 0 Å². The number of imidazole rings is 1. The van der Waals surface area contributed by atoms with Crippen LogP contribution in [0.15, 0.2) is 47.4 Å². The highest BCUT2D eigenvalue weighted by Gasteiger charge is 2.25. The Balaban J connectivity index is 1.44. The highest BCUT2D eigenvalue weighted by molar-refractivity contribution is 7.89. The molecule has 0 radical (unpaired) electrons. The predicted octanol–water partition coefficient (Wildman–Crippen LogP) is 3.18. The zero-order valence-electron chi connectivity index (χ0n) is 17.5. The van der Waals surface area contributed by atoms with Crippen molar-refractivity contribution in [2.24, 2.45) is 0 Å². The lowest BCUT2D eigenvalue weighted by molar-refractivity contribution is -0.147. The summed E-state index contributed by atoms with van der Waals surface area (Å²) in [6.07, 6.45) is -0.472. The van der Waals surface area contributed by atoms with Crippen LogP contribution in [0.25, 0.3) is 11.0 Å². The first kappa shape index (κ1) is 22.9.